The third-order valence-electron chi connectivity index (χ3n) is 5.34. The van der Waals surface area contributed by atoms with Crippen molar-refractivity contribution in [3.8, 4) is 0 Å². The molecule has 1 aliphatic carbocycles. The normalized spacial score (nSPS) is 25.3. The summed E-state index contributed by atoms with van der Waals surface area (Å²) in [6, 6.07) is 1.82. The van der Waals surface area contributed by atoms with Crippen LogP contribution in [0.1, 0.15) is 51.1 Å². The number of rotatable bonds is 6. The van der Waals surface area contributed by atoms with Gasteiger partial charge in [-0.05, 0) is 39.5 Å². The fourth-order valence-corrected chi connectivity index (χ4v) is 4.72. The molecule has 0 bridgehead atoms. The van der Waals surface area contributed by atoms with Gasteiger partial charge in [-0.3, -0.25) is 9.89 Å². The number of carbonyl (C=O) groups excluding carboxylic acids is 2. The van der Waals surface area contributed by atoms with Crippen molar-refractivity contribution in [2.45, 2.75) is 57.6 Å². The number of alkyl carbamates (subject to hydrolysis) is 1. The molecule has 1 aromatic heterocycles. The molecule has 11 heteroatoms. The predicted octanol–water partition coefficient (Wildman–Crippen LogP) is 1.40. The molecule has 2 heterocycles. The van der Waals surface area contributed by atoms with Crippen LogP contribution in [0, 0.1) is 5.92 Å². The van der Waals surface area contributed by atoms with Crippen LogP contribution in [0.5, 0.6) is 0 Å². The summed E-state index contributed by atoms with van der Waals surface area (Å²) in [5, 5.41) is 12.6. The van der Waals surface area contributed by atoms with Gasteiger partial charge in [0.25, 0.3) is 0 Å². The van der Waals surface area contributed by atoms with Crippen molar-refractivity contribution in [2.24, 2.45) is 5.92 Å². The first kappa shape index (κ1) is 21.6. The Morgan fingerprint density at radius 3 is 2.72 bits per heavy atom. The second kappa shape index (κ2) is 8.70. The highest BCUT2D eigenvalue weighted by Gasteiger charge is 2.34. The Bertz CT molecular complexity index is 853. The minimum Gasteiger partial charge on any atom is -0.446 e. The Labute approximate surface area is 170 Å². The first-order chi connectivity index (χ1) is 13.6. The number of hydrogen-bond donors (Lipinski definition) is 3. The summed E-state index contributed by atoms with van der Waals surface area (Å²) >= 11 is 0. The van der Waals surface area contributed by atoms with Crippen molar-refractivity contribution in [1.29, 1.82) is 0 Å². The number of H-pyrrole nitrogens is 1. The second-order valence-electron chi connectivity index (χ2n) is 8.14. The van der Waals surface area contributed by atoms with Crippen LogP contribution in [0.2, 0.25) is 0 Å². The van der Waals surface area contributed by atoms with Crippen molar-refractivity contribution in [3.63, 3.8) is 0 Å². The number of sulfonamides is 1. The second-order valence-corrected chi connectivity index (χ2v) is 10.1. The van der Waals surface area contributed by atoms with E-state index < -0.39 is 16.1 Å². The van der Waals surface area contributed by atoms with Gasteiger partial charge >= 0.3 is 6.09 Å². The summed E-state index contributed by atoms with van der Waals surface area (Å²) in [6.07, 6.45) is 3.45. The number of amides is 2. The standard InChI is InChI=1S/C18H29N5O5S/c1-11(2)19-18(25)28-14-5-4-12(8-14)15-9-16(22-21-15)20-17(24)13-6-7-23(10-13)29(3,26)27/h9,11-14H,4-8,10H2,1-3H3,(H,19,25)(H2,20,21,22,24)/t12-,13-,14+/m0/s1. The maximum atomic E-state index is 12.4. The van der Waals surface area contributed by atoms with Gasteiger partial charge < -0.3 is 15.4 Å². The van der Waals surface area contributed by atoms with E-state index in [1.165, 1.54) is 4.31 Å². The van der Waals surface area contributed by atoms with Gasteiger partial charge in [0.15, 0.2) is 5.82 Å². The summed E-state index contributed by atoms with van der Waals surface area (Å²) in [4.78, 5) is 24.2. The zero-order chi connectivity index (χ0) is 21.2. The van der Waals surface area contributed by atoms with Gasteiger partial charge in [0.05, 0.1) is 12.2 Å². The molecule has 1 saturated heterocycles. The number of anilines is 1. The van der Waals surface area contributed by atoms with Crippen molar-refractivity contribution in [1.82, 2.24) is 19.8 Å². The molecular weight excluding hydrogens is 398 g/mol. The molecule has 0 unspecified atom stereocenters. The summed E-state index contributed by atoms with van der Waals surface area (Å²) in [7, 11) is -3.28. The number of hydrogen-bond acceptors (Lipinski definition) is 6. The average molecular weight is 428 g/mol. The minimum atomic E-state index is -3.28. The molecule has 2 fully saturated rings. The van der Waals surface area contributed by atoms with Crippen LogP contribution >= 0.6 is 0 Å². The highest BCUT2D eigenvalue weighted by Crippen LogP contribution is 2.36. The van der Waals surface area contributed by atoms with Gasteiger partial charge in [0.2, 0.25) is 15.9 Å². The molecular formula is C18H29N5O5S. The monoisotopic (exact) mass is 427 g/mol. The van der Waals surface area contributed by atoms with Crippen molar-refractivity contribution < 1.29 is 22.7 Å². The number of ether oxygens (including phenoxy) is 1. The Morgan fingerprint density at radius 1 is 1.31 bits per heavy atom. The lowest BCUT2D eigenvalue weighted by atomic mass is 10.0. The summed E-state index contributed by atoms with van der Waals surface area (Å²) in [6.45, 7) is 4.31. The van der Waals surface area contributed by atoms with Gasteiger partial charge in [-0.2, -0.15) is 5.10 Å². The fourth-order valence-electron chi connectivity index (χ4n) is 3.83. The zero-order valence-corrected chi connectivity index (χ0v) is 17.8. The predicted molar refractivity (Wildman–Crippen MR) is 107 cm³/mol. The highest BCUT2D eigenvalue weighted by atomic mass is 32.2. The van der Waals surface area contributed by atoms with E-state index in [1.807, 2.05) is 13.8 Å². The van der Waals surface area contributed by atoms with Crippen molar-refractivity contribution >= 4 is 27.8 Å². The molecule has 0 radical (unpaired) electrons. The molecule has 3 atom stereocenters. The third kappa shape index (κ3) is 5.69. The van der Waals surface area contributed by atoms with Crippen LogP contribution in [0.4, 0.5) is 10.6 Å². The quantitative estimate of drug-likeness (QED) is 0.628. The molecule has 1 aliphatic heterocycles. The van der Waals surface area contributed by atoms with Crippen LogP contribution in [-0.4, -0.2) is 66.4 Å². The number of nitrogens with one attached hydrogen (secondary N) is 3. The molecule has 1 saturated carbocycles. The van der Waals surface area contributed by atoms with Gasteiger partial charge in [0.1, 0.15) is 6.10 Å². The zero-order valence-electron chi connectivity index (χ0n) is 17.0. The topological polar surface area (TPSA) is 133 Å². The minimum absolute atomic E-state index is 0.0304. The molecule has 0 aromatic carbocycles. The van der Waals surface area contributed by atoms with Crippen LogP contribution < -0.4 is 10.6 Å². The van der Waals surface area contributed by atoms with Gasteiger partial charge in [-0.1, -0.05) is 0 Å². The molecule has 10 nitrogen and oxygen atoms in total. The number of nitrogens with zero attached hydrogens (tertiary/aromatic N) is 2. The van der Waals surface area contributed by atoms with Gasteiger partial charge in [-0.15, -0.1) is 0 Å². The van der Waals surface area contributed by atoms with Crippen LogP contribution in [-0.2, 0) is 19.6 Å². The number of aromatic amines is 1. The van der Waals surface area contributed by atoms with E-state index in [4.69, 9.17) is 4.74 Å². The smallest absolute Gasteiger partial charge is 0.407 e. The lowest BCUT2D eigenvalue weighted by Gasteiger charge is -2.14. The van der Waals surface area contributed by atoms with E-state index in [9.17, 15) is 18.0 Å². The van der Waals surface area contributed by atoms with Crippen LogP contribution in [0.3, 0.4) is 0 Å². The molecule has 0 spiro atoms. The molecule has 2 amide bonds. The molecule has 3 rings (SSSR count). The molecule has 2 aliphatic rings. The average Bonchev–Trinajstić information content (AvgIpc) is 3.33. The fraction of sp³-hybridized carbons (Fsp3) is 0.722. The lowest BCUT2D eigenvalue weighted by molar-refractivity contribution is -0.119. The van der Waals surface area contributed by atoms with E-state index in [2.05, 4.69) is 20.8 Å². The SMILES string of the molecule is CC(C)NC(=O)O[C@@H]1CC[C@H](c2cc(NC(=O)[C@H]3CCN(S(C)(=O)=O)C3)n[nH]2)C1. The first-order valence-corrected chi connectivity index (χ1v) is 11.7. The Morgan fingerprint density at radius 2 is 2.07 bits per heavy atom. The van der Waals surface area contributed by atoms with Crippen molar-refractivity contribution in [3.05, 3.63) is 11.8 Å². The van der Waals surface area contributed by atoms with Crippen LogP contribution in [0.15, 0.2) is 6.07 Å². The Hall–Kier alpha value is -2.14. The maximum absolute atomic E-state index is 12.4. The third-order valence-corrected chi connectivity index (χ3v) is 6.61. The molecule has 162 valence electrons. The number of carbonyl (C=O) groups is 2. The van der Waals surface area contributed by atoms with E-state index in [-0.39, 0.29) is 36.4 Å². The van der Waals surface area contributed by atoms with Gasteiger partial charge in [0, 0.05) is 36.8 Å². The van der Waals surface area contributed by atoms with E-state index in [1.54, 1.807) is 6.07 Å². The van der Waals surface area contributed by atoms with E-state index in [0.29, 0.717) is 25.2 Å². The first-order valence-electron chi connectivity index (χ1n) is 9.90. The molecule has 29 heavy (non-hydrogen) atoms. The summed E-state index contributed by atoms with van der Waals surface area (Å²) < 4.78 is 30.0. The van der Waals surface area contributed by atoms with Gasteiger partial charge in [-0.25, -0.2) is 17.5 Å². The molecule has 1 aromatic rings. The van der Waals surface area contributed by atoms with E-state index >= 15 is 0 Å². The lowest BCUT2D eigenvalue weighted by Crippen LogP contribution is -2.33. The summed E-state index contributed by atoms with van der Waals surface area (Å²) in [5.74, 6) is -0.0114. The largest absolute Gasteiger partial charge is 0.446 e. The van der Waals surface area contributed by atoms with Crippen molar-refractivity contribution in [2.75, 3.05) is 24.7 Å². The maximum Gasteiger partial charge on any atom is 0.407 e. The summed E-state index contributed by atoms with van der Waals surface area (Å²) in [5.41, 5.74) is 0.889. The van der Waals surface area contributed by atoms with E-state index in [0.717, 1.165) is 24.8 Å². The molecule has 3 N–H and O–H groups in total. The highest BCUT2D eigenvalue weighted by molar-refractivity contribution is 7.88. The number of aromatic nitrogens is 2. The Balaban J connectivity index is 1.50. The van der Waals surface area contributed by atoms with Crippen LogP contribution in [0.25, 0.3) is 0 Å². The Kier molecular flexibility index (Phi) is 6.47.